The molecular weight excluding hydrogens is 340 g/mol. The number of rotatable bonds is 9. The number of ether oxygens (including phenoxy) is 1. The first-order valence-electron chi connectivity index (χ1n) is 9.24. The number of nitrogen functional groups attached to an aromatic ring is 1. The first kappa shape index (κ1) is 18.7. The fourth-order valence-corrected chi connectivity index (χ4v) is 2.84. The minimum Gasteiger partial charge on any atom is -0.482 e. The zero-order valence-corrected chi connectivity index (χ0v) is 15.8. The number of aromatic nitrogens is 4. The molecule has 0 aliphatic rings. The van der Waals surface area contributed by atoms with Crippen molar-refractivity contribution >= 4 is 11.8 Å². The highest BCUT2D eigenvalue weighted by Crippen LogP contribution is 2.24. The molecule has 3 rings (SSSR count). The highest BCUT2D eigenvalue weighted by Gasteiger charge is 2.13. The number of benzene rings is 1. The molecule has 0 aliphatic carbocycles. The molecule has 3 N–H and O–H groups in total. The van der Waals surface area contributed by atoms with Crippen molar-refractivity contribution in [2.24, 2.45) is 0 Å². The van der Waals surface area contributed by atoms with Crippen molar-refractivity contribution in [3.05, 3.63) is 60.3 Å². The molecule has 0 unspecified atom stereocenters. The zero-order chi connectivity index (χ0) is 19.1. The first-order valence-corrected chi connectivity index (χ1v) is 9.24. The molecule has 2 heterocycles. The predicted octanol–water partition coefficient (Wildman–Crippen LogP) is 3.66. The van der Waals surface area contributed by atoms with E-state index in [1.807, 2.05) is 30.7 Å². The second-order valence-electron chi connectivity index (χ2n) is 6.39. The number of hydrogen-bond donors (Lipinski definition) is 2. The van der Waals surface area contributed by atoms with Gasteiger partial charge >= 0.3 is 0 Å². The maximum absolute atomic E-state index is 5.99. The summed E-state index contributed by atoms with van der Waals surface area (Å²) >= 11 is 0. The second kappa shape index (κ2) is 9.02. The Kier molecular flexibility index (Phi) is 6.25. The molecule has 27 heavy (non-hydrogen) atoms. The second-order valence-corrected chi connectivity index (χ2v) is 6.39. The Morgan fingerprint density at radius 3 is 2.81 bits per heavy atom. The average molecular weight is 366 g/mol. The van der Waals surface area contributed by atoms with Gasteiger partial charge in [0, 0.05) is 6.54 Å². The summed E-state index contributed by atoms with van der Waals surface area (Å²) in [5.74, 6) is 1.43. The van der Waals surface area contributed by atoms with Crippen LogP contribution in [0.25, 0.3) is 0 Å². The number of hydrogen-bond acceptors (Lipinski definition) is 6. The monoisotopic (exact) mass is 366 g/mol. The summed E-state index contributed by atoms with van der Waals surface area (Å²) in [5.41, 5.74) is 7.91. The van der Waals surface area contributed by atoms with Gasteiger partial charge in [-0.05, 0) is 18.9 Å². The summed E-state index contributed by atoms with van der Waals surface area (Å²) in [6, 6.07) is 10.5. The van der Waals surface area contributed by atoms with Crippen LogP contribution in [0.4, 0.5) is 11.8 Å². The molecule has 3 aromatic rings. The van der Waals surface area contributed by atoms with Crippen LogP contribution in [0.5, 0.6) is 5.75 Å². The van der Waals surface area contributed by atoms with E-state index in [0.717, 1.165) is 25.1 Å². The van der Waals surface area contributed by atoms with E-state index in [2.05, 4.69) is 50.8 Å². The topological polar surface area (TPSA) is 90.9 Å². The molecule has 0 radical (unpaired) electrons. The van der Waals surface area contributed by atoms with Crippen LogP contribution in [0.3, 0.4) is 0 Å². The van der Waals surface area contributed by atoms with Gasteiger partial charge in [-0.15, -0.1) is 0 Å². The third kappa shape index (κ3) is 4.75. The van der Waals surface area contributed by atoms with Crippen LogP contribution in [0, 0.1) is 0 Å². The molecule has 1 atom stereocenters. The van der Waals surface area contributed by atoms with E-state index in [4.69, 9.17) is 10.5 Å². The Labute approximate surface area is 159 Å². The lowest BCUT2D eigenvalue weighted by Gasteiger charge is -2.18. The lowest BCUT2D eigenvalue weighted by Crippen LogP contribution is -2.12. The van der Waals surface area contributed by atoms with Crippen LogP contribution in [0.1, 0.15) is 44.0 Å². The highest BCUT2D eigenvalue weighted by molar-refractivity contribution is 5.51. The Morgan fingerprint density at radius 2 is 2.04 bits per heavy atom. The minimum atomic E-state index is 0.164. The molecule has 142 valence electrons. The lowest BCUT2D eigenvalue weighted by atomic mass is 10.1. The maximum Gasteiger partial charge on any atom is 0.222 e. The quantitative estimate of drug-likeness (QED) is 0.562. The van der Waals surface area contributed by atoms with E-state index in [1.54, 1.807) is 6.20 Å². The summed E-state index contributed by atoms with van der Waals surface area (Å²) in [7, 11) is 0. The lowest BCUT2D eigenvalue weighted by molar-refractivity contribution is 0.292. The van der Waals surface area contributed by atoms with Crippen molar-refractivity contribution in [3.63, 3.8) is 0 Å². The largest absolute Gasteiger partial charge is 0.482 e. The van der Waals surface area contributed by atoms with Crippen LogP contribution < -0.4 is 15.8 Å². The number of nitrogens with zero attached hydrogens (tertiary/aromatic N) is 4. The first-order chi connectivity index (χ1) is 13.2. The van der Waals surface area contributed by atoms with Crippen molar-refractivity contribution in [1.29, 1.82) is 0 Å². The standard InChI is InChI=1S/C20H26N6O/c1-3-4-10-23-19-18(12-24-20(21)25-19)27-13-17-11-22-14-26(17)15(2)16-8-6-5-7-9-16/h5-9,11-12,14-15H,3-4,10,13H2,1-2H3,(H3,21,23,24,25)/t15-/m1/s1. The molecule has 0 spiro atoms. The van der Waals surface area contributed by atoms with Gasteiger partial charge in [0.25, 0.3) is 0 Å². The van der Waals surface area contributed by atoms with Gasteiger partial charge in [0.1, 0.15) is 6.61 Å². The average Bonchev–Trinajstić information content (AvgIpc) is 3.16. The number of nitrogens with one attached hydrogen (secondary N) is 1. The van der Waals surface area contributed by atoms with Gasteiger partial charge in [0.05, 0.1) is 30.5 Å². The fourth-order valence-electron chi connectivity index (χ4n) is 2.84. The third-order valence-electron chi connectivity index (χ3n) is 4.42. The van der Waals surface area contributed by atoms with E-state index in [-0.39, 0.29) is 12.0 Å². The molecule has 1 aromatic carbocycles. The molecule has 7 heteroatoms. The summed E-state index contributed by atoms with van der Waals surface area (Å²) < 4.78 is 8.10. The molecule has 0 bridgehead atoms. The third-order valence-corrected chi connectivity index (χ3v) is 4.42. The van der Waals surface area contributed by atoms with E-state index >= 15 is 0 Å². The van der Waals surface area contributed by atoms with Gasteiger partial charge in [0.15, 0.2) is 11.6 Å². The van der Waals surface area contributed by atoms with Crippen LogP contribution in [0.15, 0.2) is 49.1 Å². The summed E-state index contributed by atoms with van der Waals surface area (Å²) in [6.45, 7) is 5.46. The van der Waals surface area contributed by atoms with Gasteiger partial charge in [0.2, 0.25) is 5.95 Å². The van der Waals surface area contributed by atoms with E-state index in [1.165, 1.54) is 5.56 Å². The molecule has 0 aliphatic heterocycles. The van der Waals surface area contributed by atoms with E-state index in [0.29, 0.717) is 18.2 Å². The molecule has 0 saturated carbocycles. The maximum atomic E-state index is 5.99. The minimum absolute atomic E-state index is 0.164. The fraction of sp³-hybridized carbons (Fsp3) is 0.350. The van der Waals surface area contributed by atoms with Gasteiger partial charge in [-0.3, -0.25) is 0 Å². The highest BCUT2D eigenvalue weighted by atomic mass is 16.5. The SMILES string of the molecule is CCCCNc1nc(N)ncc1OCc1cncn1[C@H](C)c1ccccc1. The molecular formula is C20H26N6O. The predicted molar refractivity (Wildman–Crippen MR) is 107 cm³/mol. The zero-order valence-electron chi connectivity index (χ0n) is 15.8. The molecule has 0 saturated heterocycles. The Hall–Kier alpha value is -3.09. The van der Waals surface area contributed by atoms with Crippen LogP contribution in [0.2, 0.25) is 0 Å². The number of anilines is 2. The number of imidazole rings is 1. The van der Waals surface area contributed by atoms with E-state index in [9.17, 15) is 0 Å². The molecule has 0 fully saturated rings. The Bertz CT molecular complexity index is 849. The van der Waals surface area contributed by atoms with Crippen molar-refractivity contribution < 1.29 is 4.74 Å². The summed E-state index contributed by atoms with van der Waals surface area (Å²) in [4.78, 5) is 12.6. The van der Waals surface area contributed by atoms with Gasteiger partial charge in [-0.1, -0.05) is 43.7 Å². The molecule has 2 aromatic heterocycles. The van der Waals surface area contributed by atoms with E-state index < -0.39 is 0 Å². The van der Waals surface area contributed by atoms with Crippen LogP contribution >= 0.6 is 0 Å². The Morgan fingerprint density at radius 1 is 1.22 bits per heavy atom. The van der Waals surface area contributed by atoms with Gasteiger partial charge < -0.3 is 20.4 Å². The van der Waals surface area contributed by atoms with Crippen molar-refractivity contribution in [2.45, 2.75) is 39.3 Å². The Balaban J connectivity index is 1.72. The van der Waals surface area contributed by atoms with Crippen LogP contribution in [-0.2, 0) is 6.61 Å². The van der Waals surface area contributed by atoms with Gasteiger partial charge in [-0.2, -0.15) is 4.98 Å². The van der Waals surface area contributed by atoms with Crippen molar-refractivity contribution in [1.82, 2.24) is 19.5 Å². The van der Waals surface area contributed by atoms with Crippen molar-refractivity contribution in [3.8, 4) is 5.75 Å². The number of unbranched alkanes of at least 4 members (excludes halogenated alkanes) is 1. The normalized spacial score (nSPS) is 11.9. The van der Waals surface area contributed by atoms with Gasteiger partial charge in [-0.25, -0.2) is 9.97 Å². The smallest absolute Gasteiger partial charge is 0.222 e. The molecule has 7 nitrogen and oxygen atoms in total. The summed E-state index contributed by atoms with van der Waals surface area (Å²) in [5, 5.41) is 3.27. The number of nitrogens with two attached hydrogens (primary N) is 1. The summed E-state index contributed by atoms with van der Waals surface area (Å²) in [6.07, 6.45) is 7.40. The molecule has 0 amide bonds. The van der Waals surface area contributed by atoms with Crippen molar-refractivity contribution in [2.75, 3.05) is 17.6 Å². The van der Waals surface area contributed by atoms with Crippen LogP contribution in [-0.4, -0.2) is 26.1 Å².